The summed E-state index contributed by atoms with van der Waals surface area (Å²) in [6, 6.07) is 22.7. The number of carbonyl (C=O) groups excluding carboxylic acids is 2. The molecule has 0 aromatic heterocycles. The van der Waals surface area contributed by atoms with Gasteiger partial charge in [-0.05, 0) is 73.6 Å². The molecule has 9 nitrogen and oxygen atoms in total. The normalized spacial score (nSPS) is 14.2. The van der Waals surface area contributed by atoms with E-state index >= 15 is 0 Å². The van der Waals surface area contributed by atoms with Crippen molar-refractivity contribution in [2.24, 2.45) is 0 Å². The van der Waals surface area contributed by atoms with Gasteiger partial charge in [-0.15, -0.1) is 0 Å². The van der Waals surface area contributed by atoms with Gasteiger partial charge < -0.3 is 19.7 Å². The van der Waals surface area contributed by atoms with E-state index in [1.807, 2.05) is 61.5 Å². The standard InChI is InChI=1S/C34H43N3O6S/c1-3-43-25-9-22-35-34(39)33(29-10-5-4-6-11-29)37(26-28-12-17-30(42-2)18-13-28)32(38)21-16-27-14-19-31(20-15-27)44(40,41)36-23-7-8-24-36/h4-6,10-15,17-20,33H,3,7-9,16,21-26H2,1-2H3,(H,35,39)/t33-/m1/s1. The van der Waals surface area contributed by atoms with Crippen molar-refractivity contribution in [3.63, 3.8) is 0 Å². The van der Waals surface area contributed by atoms with Crippen LogP contribution < -0.4 is 10.1 Å². The fourth-order valence-corrected chi connectivity index (χ4v) is 6.80. The molecule has 0 radical (unpaired) electrons. The second-order valence-corrected chi connectivity index (χ2v) is 12.7. The van der Waals surface area contributed by atoms with Crippen LogP contribution in [-0.4, -0.2) is 69.4 Å². The van der Waals surface area contributed by atoms with Crippen LogP contribution in [0.4, 0.5) is 0 Å². The number of nitrogens with one attached hydrogen (secondary N) is 1. The van der Waals surface area contributed by atoms with Crippen LogP contribution >= 0.6 is 0 Å². The SMILES string of the molecule is CCOCCCNC(=O)[C@@H](c1ccccc1)N(Cc1ccc(OC)cc1)C(=O)CCc1ccc(S(=O)(=O)N2CCCC2)cc1. The van der Waals surface area contributed by atoms with Crippen LogP contribution in [0.5, 0.6) is 5.75 Å². The van der Waals surface area contributed by atoms with Crippen molar-refractivity contribution < 1.29 is 27.5 Å². The highest BCUT2D eigenvalue weighted by atomic mass is 32.2. The smallest absolute Gasteiger partial charge is 0.247 e. The van der Waals surface area contributed by atoms with E-state index in [-0.39, 0.29) is 29.7 Å². The maximum absolute atomic E-state index is 14.0. The lowest BCUT2D eigenvalue weighted by molar-refractivity contribution is -0.141. The van der Waals surface area contributed by atoms with Crippen LogP contribution in [-0.2, 0) is 37.3 Å². The fraction of sp³-hybridized carbons (Fsp3) is 0.412. The van der Waals surface area contributed by atoms with Crippen LogP contribution in [0.2, 0.25) is 0 Å². The fourth-order valence-electron chi connectivity index (χ4n) is 5.29. The number of rotatable bonds is 16. The number of aryl methyl sites for hydroxylation is 1. The predicted octanol–water partition coefficient (Wildman–Crippen LogP) is 4.73. The molecule has 3 aromatic carbocycles. The molecule has 1 N–H and O–H groups in total. The maximum Gasteiger partial charge on any atom is 0.247 e. The second kappa shape index (κ2) is 16.4. The van der Waals surface area contributed by atoms with Crippen molar-refractivity contribution in [1.29, 1.82) is 0 Å². The largest absolute Gasteiger partial charge is 0.497 e. The topological polar surface area (TPSA) is 105 Å². The molecular formula is C34H43N3O6S. The Morgan fingerprint density at radius 1 is 0.932 bits per heavy atom. The molecule has 1 heterocycles. The molecule has 0 bridgehead atoms. The molecule has 0 spiro atoms. The Hall–Kier alpha value is -3.73. The lowest BCUT2D eigenvalue weighted by Gasteiger charge is -2.32. The van der Waals surface area contributed by atoms with Gasteiger partial charge in [0.25, 0.3) is 0 Å². The highest BCUT2D eigenvalue weighted by molar-refractivity contribution is 7.89. The number of ether oxygens (including phenoxy) is 2. The molecule has 4 rings (SSSR count). The van der Waals surface area contributed by atoms with Crippen molar-refractivity contribution in [1.82, 2.24) is 14.5 Å². The van der Waals surface area contributed by atoms with E-state index in [4.69, 9.17) is 9.47 Å². The van der Waals surface area contributed by atoms with Crippen LogP contribution in [0.3, 0.4) is 0 Å². The molecule has 0 saturated carbocycles. The molecule has 0 unspecified atom stereocenters. The minimum Gasteiger partial charge on any atom is -0.497 e. The highest BCUT2D eigenvalue weighted by Crippen LogP contribution is 2.26. The van der Waals surface area contributed by atoms with Crippen LogP contribution in [0.1, 0.15) is 55.3 Å². The molecule has 1 aliphatic heterocycles. The minimum atomic E-state index is -3.51. The van der Waals surface area contributed by atoms with E-state index in [0.717, 1.165) is 24.0 Å². The first-order valence-corrected chi connectivity index (χ1v) is 16.7. The van der Waals surface area contributed by atoms with Crippen molar-refractivity contribution >= 4 is 21.8 Å². The number of hydrogen-bond donors (Lipinski definition) is 1. The number of nitrogens with zero attached hydrogens (tertiary/aromatic N) is 2. The van der Waals surface area contributed by atoms with Gasteiger partial charge in [0.1, 0.15) is 11.8 Å². The van der Waals surface area contributed by atoms with Gasteiger partial charge in [0.05, 0.1) is 12.0 Å². The number of amides is 2. The van der Waals surface area contributed by atoms with Gasteiger partial charge in [-0.25, -0.2) is 8.42 Å². The quantitative estimate of drug-likeness (QED) is 0.232. The zero-order chi connectivity index (χ0) is 31.4. The van der Waals surface area contributed by atoms with Crippen LogP contribution in [0.25, 0.3) is 0 Å². The lowest BCUT2D eigenvalue weighted by atomic mass is 10.0. The van der Waals surface area contributed by atoms with Gasteiger partial charge in [0.15, 0.2) is 0 Å². The molecule has 0 aliphatic carbocycles. The van der Waals surface area contributed by atoms with E-state index < -0.39 is 16.1 Å². The number of carbonyl (C=O) groups is 2. The third kappa shape index (κ3) is 8.90. The molecule has 2 amide bonds. The second-order valence-electron chi connectivity index (χ2n) is 10.8. The molecule has 1 fully saturated rings. The minimum absolute atomic E-state index is 0.148. The number of methoxy groups -OCH3 is 1. The highest BCUT2D eigenvalue weighted by Gasteiger charge is 2.31. The van der Waals surface area contributed by atoms with Gasteiger partial charge >= 0.3 is 0 Å². The Morgan fingerprint density at radius 3 is 2.23 bits per heavy atom. The van der Waals surface area contributed by atoms with Crippen molar-refractivity contribution in [2.45, 2.75) is 56.5 Å². The Balaban J connectivity index is 1.54. The first-order chi connectivity index (χ1) is 21.3. The summed E-state index contributed by atoms with van der Waals surface area (Å²) in [7, 11) is -1.91. The molecular weight excluding hydrogens is 578 g/mol. The van der Waals surface area contributed by atoms with E-state index in [1.165, 1.54) is 4.31 Å². The zero-order valence-corrected chi connectivity index (χ0v) is 26.4. The predicted molar refractivity (Wildman–Crippen MR) is 170 cm³/mol. The van der Waals surface area contributed by atoms with E-state index in [9.17, 15) is 18.0 Å². The summed E-state index contributed by atoms with van der Waals surface area (Å²) in [5, 5.41) is 3.00. The van der Waals surface area contributed by atoms with Crippen LogP contribution in [0, 0.1) is 0 Å². The average molecular weight is 622 g/mol. The van der Waals surface area contributed by atoms with Crippen molar-refractivity contribution in [3.8, 4) is 5.75 Å². The first kappa shape index (κ1) is 33.2. The number of hydrogen-bond acceptors (Lipinski definition) is 6. The summed E-state index contributed by atoms with van der Waals surface area (Å²) >= 11 is 0. The Morgan fingerprint density at radius 2 is 1.59 bits per heavy atom. The average Bonchev–Trinajstić information content (AvgIpc) is 3.61. The number of sulfonamides is 1. The molecule has 1 atom stereocenters. The third-order valence-corrected chi connectivity index (χ3v) is 9.64. The number of benzene rings is 3. The molecule has 10 heteroatoms. The van der Waals surface area contributed by atoms with Gasteiger partial charge in [0, 0.05) is 45.8 Å². The molecule has 3 aromatic rings. The summed E-state index contributed by atoms with van der Waals surface area (Å²) in [6.07, 6.45) is 2.97. The van der Waals surface area contributed by atoms with Gasteiger partial charge in [-0.1, -0.05) is 54.6 Å². The molecule has 44 heavy (non-hydrogen) atoms. The zero-order valence-electron chi connectivity index (χ0n) is 25.6. The van der Waals surface area contributed by atoms with E-state index in [1.54, 1.807) is 36.3 Å². The van der Waals surface area contributed by atoms with Crippen LogP contribution in [0.15, 0.2) is 83.8 Å². The monoisotopic (exact) mass is 621 g/mol. The first-order valence-electron chi connectivity index (χ1n) is 15.3. The van der Waals surface area contributed by atoms with Crippen molar-refractivity contribution in [3.05, 3.63) is 95.6 Å². The van der Waals surface area contributed by atoms with E-state index in [0.29, 0.717) is 57.0 Å². The van der Waals surface area contributed by atoms with E-state index in [2.05, 4.69) is 5.32 Å². The van der Waals surface area contributed by atoms with Gasteiger partial charge in [-0.3, -0.25) is 9.59 Å². The summed E-state index contributed by atoms with van der Waals surface area (Å²) in [4.78, 5) is 29.6. The molecule has 1 saturated heterocycles. The summed E-state index contributed by atoms with van der Waals surface area (Å²) in [5.74, 6) is 0.257. The summed E-state index contributed by atoms with van der Waals surface area (Å²) in [5.41, 5.74) is 2.42. The molecule has 236 valence electrons. The Bertz CT molecular complexity index is 1440. The summed E-state index contributed by atoms with van der Waals surface area (Å²) in [6.45, 7) is 4.83. The molecule has 1 aliphatic rings. The lowest BCUT2D eigenvalue weighted by Crippen LogP contribution is -2.43. The Kier molecular flexibility index (Phi) is 12.3. The summed E-state index contributed by atoms with van der Waals surface area (Å²) < 4.78 is 38.1. The maximum atomic E-state index is 14.0. The van der Waals surface area contributed by atoms with Gasteiger partial charge in [0.2, 0.25) is 21.8 Å². The van der Waals surface area contributed by atoms with Crippen molar-refractivity contribution in [2.75, 3.05) is 40.0 Å². The van der Waals surface area contributed by atoms with Gasteiger partial charge in [-0.2, -0.15) is 4.31 Å². The third-order valence-electron chi connectivity index (χ3n) is 7.73. The Labute approximate surface area is 261 Å².